The molecule has 2 nitrogen and oxygen atoms in total. The molecule has 0 radical (unpaired) electrons. The first-order valence-corrected chi connectivity index (χ1v) is 6.93. The van der Waals surface area contributed by atoms with Crippen LogP contribution < -0.4 is 4.74 Å². The largest absolute Gasteiger partial charge is 0.497 e. The topological polar surface area (TPSA) is 26.3 Å². The van der Waals surface area contributed by atoms with E-state index < -0.39 is 0 Å². The number of methoxy groups -OCH3 is 1. The Morgan fingerprint density at radius 1 is 1.17 bits per heavy atom. The Labute approximate surface area is 108 Å². The molecule has 0 saturated heterocycles. The van der Waals surface area contributed by atoms with Gasteiger partial charge in [0, 0.05) is 11.8 Å². The SMILES string of the molecule is COc1ccc(C2CCC(=O)C23CCCC3)cc1. The third-order valence-corrected chi connectivity index (χ3v) is 4.90. The molecule has 0 heterocycles. The molecule has 3 rings (SSSR count). The number of Topliss-reactive ketones (excluding diaryl/α,β-unsaturated/α-hetero) is 1. The van der Waals surface area contributed by atoms with Crippen LogP contribution in [0.4, 0.5) is 0 Å². The second-order valence-corrected chi connectivity index (χ2v) is 5.65. The molecule has 2 heteroatoms. The van der Waals surface area contributed by atoms with Crippen molar-refractivity contribution < 1.29 is 9.53 Å². The van der Waals surface area contributed by atoms with Crippen molar-refractivity contribution in [3.8, 4) is 5.75 Å². The molecule has 2 fully saturated rings. The van der Waals surface area contributed by atoms with Gasteiger partial charge in [-0.2, -0.15) is 0 Å². The highest BCUT2D eigenvalue weighted by Gasteiger charge is 2.51. The van der Waals surface area contributed by atoms with Gasteiger partial charge in [-0.05, 0) is 42.9 Å². The Hall–Kier alpha value is -1.31. The predicted octanol–water partition coefficient (Wildman–Crippen LogP) is 3.70. The summed E-state index contributed by atoms with van der Waals surface area (Å²) in [5.41, 5.74) is 1.30. The highest BCUT2D eigenvalue weighted by Crippen LogP contribution is 2.56. The van der Waals surface area contributed by atoms with Gasteiger partial charge in [0.25, 0.3) is 0 Å². The quantitative estimate of drug-likeness (QED) is 0.793. The smallest absolute Gasteiger partial charge is 0.139 e. The maximum absolute atomic E-state index is 12.3. The summed E-state index contributed by atoms with van der Waals surface area (Å²) in [4.78, 5) is 12.3. The van der Waals surface area contributed by atoms with E-state index in [4.69, 9.17) is 4.74 Å². The van der Waals surface area contributed by atoms with Crippen LogP contribution in [0.2, 0.25) is 0 Å². The summed E-state index contributed by atoms with van der Waals surface area (Å²) in [5.74, 6) is 1.85. The first kappa shape index (κ1) is 11.8. The van der Waals surface area contributed by atoms with Gasteiger partial charge in [-0.1, -0.05) is 25.0 Å². The van der Waals surface area contributed by atoms with Crippen LogP contribution in [0, 0.1) is 5.41 Å². The van der Waals surface area contributed by atoms with Gasteiger partial charge in [0.1, 0.15) is 11.5 Å². The highest BCUT2D eigenvalue weighted by atomic mass is 16.5. The van der Waals surface area contributed by atoms with Gasteiger partial charge >= 0.3 is 0 Å². The van der Waals surface area contributed by atoms with E-state index in [1.54, 1.807) is 7.11 Å². The van der Waals surface area contributed by atoms with E-state index in [1.165, 1.54) is 18.4 Å². The first-order valence-electron chi connectivity index (χ1n) is 6.93. The number of ether oxygens (including phenoxy) is 1. The second kappa shape index (κ2) is 4.42. The Morgan fingerprint density at radius 2 is 1.83 bits per heavy atom. The monoisotopic (exact) mass is 244 g/mol. The minimum atomic E-state index is -0.0193. The van der Waals surface area contributed by atoms with Crippen molar-refractivity contribution in [1.29, 1.82) is 0 Å². The molecule has 96 valence electrons. The van der Waals surface area contributed by atoms with Crippen molar-refractivity contribution in [2.75, 3.05) is 7.11 Å². The summed E-state index contributed by atoms with van der Waals surface area (Å²) in [6.45, 7) is 0. The number of carbonyl (C=O) groups excluding carboxylic acids is 1. The summed E-state index contributed by atoms with van der Waals surface area (Å²) >= 11 is 0. The maximum Gasteiger partial charge on any atom is 0.139 e. The maximum atomic E-state index is 12.3. The fraction of sp³-hybridized carbons (Fsp3) is 0.562. The summed E-state index contributed by atoms with van der Waals surface area (Å²) < 4.78 is 5.20. The van der Waals surface area contributed by atoms with Crippen LogP contribution >= 0.6 is 0 Å². The van der Waals surface area contributed by atoms with E-state index in [2.05, 4.69) is 12.1 Å². The van der Waals surface area contributed by atoms with Gasteiger partial charge in [0.2, 0.25) is 0 Å². The fourth-order valence-corrected chi connectivity index (χ4v) is 3.95. The standard InChI is InChI=1S/C16H20O2/c1-18-13-6-4-12(5-7-13)14-8-9-15(17)16(14)10-2-3-11-16/h4-7,14H,2-3,8-11H2,1H3. The normalized spacial score (nSPS) is 25.8. The van der Waals surface area contributed by atoms with Crippen LogP contribution in [0.15, 0.2) is 24.3 Å². The number of hydrogen-bond donors (Lipinski definition) is 0. The van der Waals surface area contributed by atoms with Gasteiger partial charge in [0.05, 0.1) is 7.11 Å². The van der Waals surface area contributed by atoms with Crippen LogP contribution in [0.1, 0.15) is 50.0 Å². The summed E-state index contributed by atoms with van der Waals surface area (Å²) in [6.07, 6.45) is 6.45. The molecule has 1 aromatic carbocycles. The van der Waals surface area contributed by atoms with Crippen LogP contribution in [0.25, 0.3) is 0 Å². The zero-order valence-electron chi connectivity index (χ0n) is 10.9. The zero-order valence-corrected chi connectivity index (χ0v) is 10.9. The molecule has 18 heavy (non-hydrogen) atoms. The van der Waals surface area contributed by atoms with Gasteiger partial charge < -0.3 is 4.74 Å². The molecular weight excluding hydrogens is 224 g/mol. The van der Waals surface area contributed by atoms with Gasteiger partial charge in [0.15, 0.2) is 0 Å². The number of benzene rings is 1. The van der Waals surface area contributed by atoms with E-state index in [-0.39, 0.29) is 5.41 Å². The lowest BCUT2D eigenvalue weighted by atomic mass is 9.72. The van der Waals surface area contributed by atoms with E-state index >= 15 is 0 Å². The third kappa shape index (κ3) is 1.66. The van der Waals surface area contributed by atoms with Gasteiger partial charge in [-0.3, -0.25) is 4.79 Å². The number of hydrogen-bond acceptors (Lipinski definition) is 2. The van der Waals surface area contributed by atoms with Crippen molar-refractivity contribution >= 4 is 5.78 Å². The van der Waals surface area contributed by atoms with Gasteiger partial charge in [-0.25, -0.2) is 0 Å². The minimum Gasteiger partial charge on any atom is -0.497 e. The van der Waals surface area contributed by atoms with Crippen LogP contribution in [0.5, 0.6) is 5.75 Å². The van der Waals surface area contributed by atoms with E-state index in [1.807, 2.05) is 12.1 Å². The van der Waals surface area contributed by atoms with Crippen molar-refractivity contribution in [2.24, 2.45) is 5.41 Å². The lowest BCUT2D eigenvalue weighted by molar-refractivity contribution is -0.126. The molecule has 0 aliphatic heterocycles. The molecular formula is C16H20O2. The minimum absolute atomic E-state index is 0.0193. The van der Waals surface area contributed by atoms with Gasteiger partial charge in [-0.15, -0.1) is 0 Å². The number of rotatable bonds is 2. The van der Waals surface area contributed by atoms with Crippen LogP contribution in [-0.4, -0.2) is 12.9 Å². The molecule has 1 unspecified atom stereocenters. The average Bonchev–Trinajstić information content (AvgIpc) is 3.01. The van der Waals surface area contributed by atoms with E-state index in [0.717, 1.165) is 31.4 Å². The van der Waals surface area contributed by atoms with Crippen molar-refractivity contribution in [3.05, 3.63) is 29.8 Å². The van der Waals surface area contributed by atoms with Crippen molar-refractivity contribution in [2.45, 2.75) is 44.4 Å². The number of carbonyl (C=O) groups is 1. The molecule has 1 spiro atoms. The third-order valence-electron chi connectivity index (χ3n) is 4.90. The van der Waals surface area contributed by atoms with Crippen molar-refractivity contribution in [1.82, 2.24) is 0 Å². The molecule has 1 atom stereocenters. The number of ketones is 1. The van der Waals surface area contributed by atoms with Crippen LogP contribution in [0.3, 0.4) is 0 Å². The molecule has 0 bridgehead atoms. The van der Waals surface area contributed by atoms with E-state index in [0.29, 0.717) is 11.7 Å². The summed E-state index contributed by atoms with van der Waals surface area (Å²) in [5, 5.41) is 0. The van der Waals surface area contributed by atoms with Crippen molar-refractivity contribution in [3.63, 3.8) is 0 Å². The van der Waals surface area contributed by atoms with Crippen LogP contribution in [-0.2, 0) is 4.79 Å². The Morgan fingerprint density at radius 3 is 2.44 bits per heavy atom. The lowest BCUT2D eigenvalue weighted by Crippen LogP contribution is -2.27. The first-order chi connectivity index (χ1) is 8.76. The summed E-state index contributed by atoms with van der Waals surface area (Å²) in [7, 11) is 1.69. The zero-order chi connectivity index (χ0) is 12.6. The second-order valence-electron chi connectivity index (χ2n) is 5.65. The van der Waals surface area contributed by atoms with E-state index in [9.17, 15) is 4.79 Å². The molecule has 0 N–H and O–H groups in total. The summed E-state index contributed by atoms with van der Waals surface area (Å²) in [6, 6.07) is 8.31. The Balaban J connectivity index is 1.92. The highest BCUT2D eigenvalue weighted by molar-refractivity contribution is 5.88. The Kier molecular flexibility index (Phi) is 2.89. The molecule has 2 aliphatic rings. The molecule has 2 aliphatic carbocycles. The Bertz CT molecular complexity index is 441. The molecule has 0 aromatic heterocycles. The molecule has 0 amide bonds. The fourth-order valence-electron chi connectivity index (χ4n) is 3.95. The predicted molar refractivity (Wildman–Crippen MR) is 70.9 cm³/mol. The lowest BCUT2D eigenvalue weighted by Gasteiger charge is -2.29. The molecule has 2 saturated carbocycles. The average molecular weight is 244 g/mol. The molecule has 1 aromatic rings.